The number of piperidine rings is 1. The lowest BCUT2D eigenvalue weighted by atomic mass is 10.00. The summed E-state index contributed by atoms with van der Waals surface area (Å²) < 4.78 is 13.8. The maximum atomic E-state index is 14.1. The van der Waals surface area contributed by atoms with Crippen molar-refractivity contribution < 1.29 is 23.9 Å². The van der Waals surface area contributed by atoms with E-state index < -0.39 is 6.04 Å². The van der Waals surface area contributed by atoms with Gasteiger partial charge in [0.05, 0.1) is 43.8 Å². The smallest absolute Gasteiger partial charge is 0.248 e. The molecule has 2 aliphatic heterocycles. The number of carbonyl (C=O) groups is 3. The molecule has 0 radical (unpaired) electrons. The zero-order valence-corrected chi connectivity index (χ0v) is 26.9. The first-order valence-electron chi connectivity index (χ1n) is 15.0. The topological polar surface area (TPSA) is 154 Å². The number of anilines is 1. The van der Waals surface area contributed by atoms with Gasteiger partial charge in [0.1, 0.15) is 34.5 Å². The largest absolute Gasteiger partial charge is 0.377 e. The van der Waals surface area contributed by atoms with Gasteiger partial charge in [0.2, 0.25) is 11.8 Å². The van der Waals surface area contributed by atoms with Gasteiger partial charge >= 0.3 is 0 Å². The maximum absolute atomic E-state index is 14.1. The van der Waals surface area contributed by atoms with E-state index in [0.717, 1.165) is 12.0 Å². The van der Waals surface area contributed by atoms with Crippen molar-refractivity contribution in [2.45, 2.75) is 51.9 Å². The molecule has 0 unspecified atom stereocenters. The number of aryl methyl sites for hydroxylation is 1. The number of nitrogens with zero attached hydrogens (tertiary/aromatic N) is 7. The number of pyridine rings is 2. The van der Waals surface area contributed by atoms with E-state index in [-0.39, 0.29) is 41.3 Å². The normalized spacial score (nSPS) is 23.5. The number of hydrogen-bond acceptors (Lipinski definition) is 10. The average molecular weight is 688 g/mol. The molecule has 1 N–H and O–H groups in total. The van der Waals surface area contributed by atoms with Crippen LogP contribution in [0.1, 0.15) is 41.6 Å². The first kappa shape index (κ1) is 30.3. The van der Waals surface area contributed by atoms with E-state index in [4.69, 9.17) is 9.47 Å². The van der Waals surface area contributed by atoms with Crippen molar-refractivity contribution in [1.29, 1.82) is 0 Å². The molecule has 7 rings (SSSR count). The minimum Gasteiger partial charge on any atom is -0.377 e. The molecule has 14 heteroatoms. The summed E-state index contributed by atoms with van der Waals surface area (Å²) in [5, 5.41) is 8.03. The molecule has 1 spiro atoms. The van der Waals surface area contributed by atoms with Crippen molar-refractivity contribution in [1.82, 2.24) is 34.6 Å². The number of carbonyl (C=O) groups excluding carboxylic acids is 3. The van der Waals surface area contributed by atoms with Gasteiger partial charge in [0.25, 0.3) is 0 Å². The molecule has 3 atom stereocenters. The zero-order valence-electron chi connectivity index (χ0n) is 25.3. The molecule has 13 nitrogen and oxygen atoms in total. The Balaban J connectivity index is 1.19. The van der Waals surface area contributed by atoms with Gasteiger partial charge in [-0.2, -0.15) is 5.10 Å². The Bertz CT molecular complexity index is 1890. The molecule has 3 aliphatic rings. The number of aromatic nitrogens is 6. The van der Waals surface area contributed by atoms with Crippen LogP contribution in [0.15, 0.2) is 53.5 Å². The Hall–Kier alpha value is -4.40. The van der Waals surface area contributed by atoms with Crippen LogP contribution in [0.25, 0.3) is 22.2 Å². The third-order valence-corrected chi connectivity index (χ3v) is 9.11. The van der Waals surface area contributed by atoms with E-state index in [1.165, 1.54) is 11.6 Å². The summed E-state index contributed by atoms with van der Waals surface area (Å²) >= 11 is 3.42. The third-order valence-electron chi connectivity index (χ3n) is 8.70. The summed E-state index contributed by atoms with van der Waals surface area (Å²) in [5.74, 6) is 0.146. The minimum absolute atomic E-state index is 0.162. The van der Waals surface area contributed by atoms with E-state index in [1.807, 2.05) is 18.2 Å². The van der Waals surface area contributed by atoms with E-state index in [0.29, 0.717) is 71.3 Å². The van der Waals surface area contributed by atoms with E-state index in [9.17, 15) is 14.4 Å². The quantitative estimate of drug-likeness (QED) is 0.191. The van der Waals surface area contributed by atoms with Gasteiger partial charge in [-0.3, -0.25) is 24.0 Å². The van der Waals surface area contributed by atoms with Gasteiger partial charge < -0.3 is 19.7 Å². The Morgan fingerprint density at radius 2 is 1.85 bits per heavy atom. The van der Waals surface area contributed by atoms with Crippen LogP contribution < -0.4 is 5.32 Å². The summed E-state index contributed by atoms with van der Waals surface area (Å²) in [4.78, 5) is 59.7. The molecule has 1 saturated carbocycles. The standard InChI is InChI=1S/C32H31BrN8O5/c1-18(42)30-22-9-23(21-12-34-19(2)35-13-21)36-14-25(22)40(39-30)15-29(43)41-24-10-32(11-26(32)41)17-46-6-4-3-5-45-16-20-7-27(33)37-28(8-20)38-31(24)44/h3-4,7-9,12-14,24,26H,5-6,10-11,15-17H2,1-2H3,(H,37,38,44)/b4-3-/t24-,26+,32-/m0/s1. The molecular formula is C32H31BrN8O5. The molecule has 1 saturated heterocycles. The Morgan fingerprint density at radius 1 is 1.07 bits per heavy atom. The summed E-state index contributed by atoms with van der Waals surface area (Å²) in [6.45, 7) is 4.65. The van der Waals surface area contributed by atoms with Crippen LogP contribution in [-0.2, 0) is 32.2 Å². The highest BCUT2D eigenvalue weighted by Crippen LogP contribution is 2.60. The number of halogens is 1. The van der Waals surface area contributed by atoms with Gasteiger partial charge in [-0.15, -0.1) is 0 Å². The molecule has 46 heavy (non-hydrogen) atoms. The summed E-state index contributed by atoms with van der Waals surface area (Å²) in [7, 11) is 0. The maximum Gasteiger partial charge on any atom is 0.248 e. The number of nitrogens with one attached hydrogen (secondary N) is 1. The van der Waals surface area contributed by atoms with Gasteiger partial charge in [0.15, 0.2) is 5.78 Å². The fourth-order valence-electron chi connectivity index (χ4n) is 6.38. The number of ketones is 1. The number of Topliss-reactive ketones (excluding diaryl/α,β-unsaturated/α-hetero) is 1. The predicted molar refractivity (Wildman–Crippen MR) is 170 cm³/mol. The molecule has 2 amide bonds. The molecule has 4 aromatic rings. The van der Waals surface area contributed by atoms with Crippen molar-refractivity contribution in [3.05, 3.63) is 70.6 Å². The van der Waals surface area contributed by atoms with Crippen molar-refractivity contribution in [2.75, 3.05) is 25.1 Å². The molecule has 4 aromatic heterocycles. The van der Waals surface area contributed by atoms with E-state index in [2.05, 4.69) is 46.3 Å². The van der Waals surface area contributed by atoms with Gasteiger partial charge in [-0.1, -0.05) is 12.2 Å². The number of amides is 2. The van der Waals surface area contributed by atoms with Gasteiger partial charge in [-0.25, -0.2) is 15.0 Å². The van der Waals surface area contributed by atoms with Crippen LogP contribution in [0.4, 0.5) is 5.82 Å². The highest BCUT2D eigenvalue weighted by molar-refractivity contribution is 9.10. The number of rotatable bonds is 4. The minimum atomic E-state index is -0.737. The first-order valence-corrected chi connectivity index (χ1v) is 15.8. The van der Waals surface area contributed by atoms with Crippen LogP contribution in [0.5, 0.6) is 0 Å². The molecule has 0 aromatic carbocycles. The zero-order chi connectivity index (χ0) is 32.0. The molecule has 236 valence electrons. The van der Waals surface area contributed by atoms with Crippen molar-refractivity contribution in [3.63, 3.8) is 0 Å². The highest BCUT2D eigenvalue weighted by atomic mass is 79.9. The molecule has 2 fully saturated rings. The second-order valence-electron chi connectivity index (χ2n) is 11.9. The fraction of sp³-hybridized carbons (Fsp3) is 0.375. The summed E-state index contributed by atoms with van der Waals surface area (Å²) in [6, 6.07) is 4.46. The average Bonchev–Trinajstić information content (AvgIpc) is 3.43. The second-order valence-corrected chi connectivity index (χ2v) is 12.8. The number of fused-ring (bicyclic) bond motifs is 4. The van der Waals surface area contributed by atoms with Crippen molar-refractivity contribution in [2.24, 2.45) is 5.41 Å². The lowest BCUT2D eigenvalue weighted by Crippen LogP contribution is -2.46. The lowest BCUT2D eigenvalue weighted by Gasteiger charge is -2.27. The van der Waals surface area contributed by atoms with Gasteiger partial charge in [0, 0.05) is 41.7 Å². The summed E-state index contributed by atoms with van der Waals surface area (Å²) in [5.41, 5.74) is 2.56. The Labute approximate surface area is 272 Å². The molecule has 6 heterocycles. The molecule has 4 bridgehead atoms. The lowest BCUT2D eigenvalue weighted by molar-refractivity contribution is -0.138. The molecule has 1 aliphatic carbocycles. The predicted octanol–water partition coefficient (Wildman–Crippen LogP) is 3.66. The number of ether oxygens (including phenoxy) is 2. The van der Waals surface area contributed by atoms with Crippen molar-refractivity contribution >= 4 is 50.2 Å². The second kappa shape index (κ2) is 12.1. The first-order chi connectivity index (χ1) is 22.2. The Kier molecular flexibility index (Phi) is 7.95. The number of hydrogen-bond donors (Lipinski definition) is 1. The van der Waals surface area contributed by atoms with E-state index in [1.54, 1.807) is 42.5 Å². The van der Waals surface area contributed by atoms with Crippen LogP contribution in [0.3, 0.4) is 0 Å². The van der Waals surface area contributed by atoms with Crippen LogP contribution >= 0.6 is 15.9 Å². The fourth-order valence-corrected chi connectivity index (χ4v) is 6.87. The third kappa shape index (κ3) is 5.83. The van der Waals surface area contributed by atoms with Crippen molar-refractivity contribution in [3.8, 4) is 11.3 Å². The monoisotopic (exact) mass is 686 g/mol. The number of likely N-dealkylation sites (tertiary alicyclic amines) is 1. The van der Waals surface area contributed by atoms with Crippen LogP contribution in [0, 0.1) is 12.3 Å². The Morgan fingerprint density at radius 3 is 2.63 bits per heavy atom. The van der Waals surface area contributed by atoms with Crippen LogP contribution in [-0.4, -0.2) is 84.1 Å². The van der Waals surface area contributed by atoms with E-state index >= 15 is 0 Å². The van der Waals surface area contributed by atoms with Crippen LogP contribution in [0.2, 0.25) is 0 Å². The highest BCUT2D eigenvalue weighted by Gasteiger charge is 2.67. The molecular weight excluding hydrogens is 656 g/mol. The van der Waals surface area contributed by atoms with Gasteiger partial charge in [-0.05, 0) is 59.5 Å². The SMILES string of the molecule is CC(=O)c1nn(CC(=O)N2[C@H]3C[C@@]4(COC/C=C\COCc5cc(Br)nc(c5)NC3=O)C[C@@H]24)c2cnc(-c3cnc(C)nc3)cc12. The summed E-state index contributed by atoms with van der Waals surface area (Å²) in [6.07, 6.45) is 9.96.